The van der Waals surface area contributed by atoms with Gasteiger partial charge in [-0.2, -0.15) is 0 Å². The lowest BCUT2D eigenvalue weighted by atomic mass is 10.1. The van der Waals surface area contributed by atoms with Crippen LogP contribution < -0.4 is 4.90 Å². The summed E-state index contributed by atoms with van der Waals surface area (Å²) in [6.45, 7) is 2.26. The number of benzene rings is 1. The van der Waals surface area contributed by atoms with Gasteiger partial charge >= 0.3 is 0 Å². The lowest BCUT2D eigenvalue weighted by molar-refractivity contribution is 0.574. The first-order valence-corrected chi connectivity index (χ1v) is 6.52. The van der Waals surface area contributed by atoms with Gasteiger partial charge in [0.15, 0.2) is 0 Å². The minimum absolute atomic E-state index is 0.769. The minimum Gasteiger partial charge on any atom is -0.357 e. The van der Waals surface area contributed by atoms with Gasteiger partial charge in [-0.15, -0.1) is 0 Å². The topological polar surface area (TPSA) is 16.1 Å². The number of halogens is 1. The number of anilines is 1. The van der Waals surface area contributed by atoms with E-state index >= 15 is 0 Å². The fourth-order valence-corrected chi connectivity index (χ4v) is 2.57. The van der Waals surface area contributed by atoms with Gasteiger partial charge in [-0.25, -0.2) is 4.98 Å². The monoisotopic (exact) mass is 246 g/mol. The second-order valence-electron chi connectivity index (χ2n) is 4.55. The van der Waals surface area contributed by atoms with Crippen LogP contribution in [0.4, 0.5) is 5.82 Å². The van der Waals surface area contributed by atoms with E-state index in [4.69, 9.17) is 16.6 Å². The highest BCUT2D eigenvalue weighted by molar-refractivity contribution is 6.31. The summed E-state index contributed by atoms with van der Waals surface area (Å²) >= 11 is 5.97. The van der Waals surface area contributed by atoms with Gasteiger partial charge in [0.05, 0.1) is 5.52 Å². The Kier molecular flexibility index (Phi) is 2.89. The van der Waals surface area contributed by atoms with Crippen LogP contribution in [-0.4, -0.2) is 18.1 Å². The molecule has 0 unspecified atom stereocenters. The second kappa shape index (κ2) is 4.53. The number of fused-ring (bicyclic) bond motifs is 1. The molecule has 1 aliphatic heterocycles. The highest BCUT2D eigenvalue weighted by Gasteiger charge is 2.12. The molecule has 0 amide bonds. The molecule has 88 valence electrons. The highest BCUT2D eigenvalue weighted by atomic mass is 35.5. The van der Waals surface area contributed by atoms with Gasteiger partial charge in [-0.05, 0) is 49.6 Å². The van der Waals surface area contributed by atoms with Crippen molar-refractivity contribution in [1.82, 2.24) is 4.98 Å². The third-order valence-electron chi connectivity index (χ3n) is 3.32. The van der Waals surface area contributed by atoms with E-state index in [1.807, 2.05) is 18.2 Å². The molecule has 1 aromatic carbocycles. The van der Waals surface area contributed by atoms with Crippen molar-refractivity contribution in [2.75, 3.05) is 18.0 Å². The molecule has 1 aliphatic rings. The molecule has 1 aromatic heterocycles. The first kappa shape index (κ1) is 10.8. The average Bonchev–Trinajstić information content (AvgIpc) is 2.39. The van der Waals surface area contributed by atoms with E-state index in [1.165, 1.54) is 19.3 Å². The Morgan fingerprint density at radius 1 is 1.00 bits per heavy atom. The second-order valence-corrected chi connectivity index (χ2v) is 4.99. The zero-order chi connectivity index (χ0) is 11.7. The molecule has 0 atom stereocenters. The first-order chi connectivity index (χ1) is 8.33. The Morgan fingerprint density at radius 2 is 1.82 bits per heavy atom. The molecule has 0 bridgehead atoms. The lowest BCUT2D eigenvalue weighted by Gasteiger charge is -2.27. The molecule has 17 heavy (non-hydrogen) atoms. The Hall–Kier alpha value is -1.28. The van der Waals surface area contributed by atoms with Crippen LogP contribution in [0, 0.1) is 0 Å². The number of rotatable bonds is 1. The maximum atomic E-state index is 5.97. The van der Waals surface area contributed by atoms with E-state index in [1.54, 1.807) is 0 Å². The summed E-state index contributed by atoms with van der Waals surface area (Å²) in [6, 6.07) is 10.1. The zero-order valence-corrected chi connectivity index (χ0v) is 10.5. The zero-order valence-electron chi connectivity index (χ0n) is 9.69. The smallest absolute Gasteiger partial charge is 0.129 e. The number of hydrogen-bond donors (Lipinski definition) is 0. The fourth-order valence-electron chi connectivity index (χ4n) is 2.38. The van der Waals surface area contributed by atoms with Crippen molar-refractivity contribution in [3.05, 3.63) is 35.4 Å². The molecule has 2 heterocycles. The molecule has 0 spiro atoms. The standard InChI is InChI=1S/C14H15ClN2/c15-12-5-6-13-11(10-12)4-7-14(16-13)17-8-2-1-3-9-17/h4-7,10H,1-3,8-9H2. The van der Waals surface area contributed by atoms with E-state index in [0.29, 0.717) is 0 Å². The summed E-state index contributed by atoms with van der Waals surface area (Å²) in [7, 11) is 0. The first-order valence-electron chi connectivity index (χ1n) is 6.14. The third-order valence-corrected chi connectivity index (χ3v) is 3.55. The maximum Gasteiger partial charge on any atom is 0.129 e. The molecule has 3 heteroatoms. The predicted octanol–water partition coefficient (Wildman–Crippen LogP) is 3.88. The molecule has 1 fully saturated rings. The summed E-state index contributed by atoms with van der Waals surface area (Å²) in [5, 5.41) is 1.88. The van der Waals surface area contributed by atoms with Gasteiger partial charge in [0, 0.05) is 23.5 Å². The Bertz CT molecular complexity index is 533. The van der Waals surface area contributed by atoms with Crippen molar-refractivity contribution in [3.8, 4) is 0 Å². The van der Waals surface area contributed by atoms with Gasteiger partial charge in [0.2, 0.25) is 0 Å². The summed E-state index contributed by atoms with van der Waals surface area (Å²) in [5.74, 6) is 1.10. The molecule has 2 nitrogen and oxygen atoms in total. The number of hydrogen-bond acceptors (Lipinski definition) is 2. The van der Waals surface area contributed by atoms with Crippen molar-refractivity contribution >= 4 is 28.3 Å². The van der Waals surface area contributed by atoms with Crippen LogP contribution in [-0.2, 0) is 0 Å². The Morgan fingerprint density at radius 3 is 2.65 bits per heavy atom. The van der Waals surface area contributed by atoms with E-state index < -0.39 is 0 Å². The van der Waals surface area contributed by atoms with Crippen LogP contribution >= 0.6 is 11.6 Å². The van der Waals surface area contributed by atoms with Crippen molar-refractivity contribution in [2.24, 2.45) is 0 Å². The summed E-state index contributed by atoms with van der Waals surface area (Å²) < 4.78 is 0. The quantitative estimate of drug-likeness (QED) is 0.759. The lowest BCUT2D eigenvalue weighted by Crippen LogP contribution is -2.30. The molecule has 0 saturated carbocycles. The largest absolute Gasteiger partial charge is 0.357 e. The normalized spacial score (nSPS) is 16.4. The van der Waals surface area contributed by atoms with Gasteiger partial charge in [0.25, 0.3) is 0 Å². The number of aromatic nitrogens is 1. The van der Waals surface area contributed by atoms with E-state index in [0.717, 1.165) is 34.8 Å². The fraction of sp³-hybridized carbons (Fsp3) is 0.357. The van der Waals surface area contributed by atoms with E-state index in [-0.39, 0.29) is 0 Å². The van der Waals surface area contributed by atoms with Gasteiger partial charge in [-0.3, -0.25) is 0 Å². The SMILES string of the molecule is Clc1ccc2nc(N3CCCCC3)ccc2c1. The van der Waals surface area contributed by atoms with Crippen LogP contribution in [0.1, 0.15) is 19.3 Å². The van der Waals surface area contributed by atoms with Gasteiger partial charge < -0.3 is 4.90 Å². The van der Waals surface area contributed by atoms with Crippen molar-refractivity contribution in [1.29, 1.82) is 0 Å². The molecular formula is C14H15ClN2. The number of pyridine rings is 1. The highest BCUT2D eigenvalue weighted by Crippen LogP contribution is 2.23. The summed E-state index contributed by atoms with van der Waals surface area (Å²) in [5.41, 5.74) is 1.03. The van der Waals surface area contributed by atoms with Gasteiger partial charge in [-0.1, -0.05) is 11.6 Å². The van der Waals surface area contributed by atoms with Crippen molar-refractivity contribution in [3.63, 3.8) is 0 Å². The average molecular weight is 247 g/mol. The van der Waals surface area contributed by atoms with E-state index in [2.05, 4.69) is 17.0 Å². The molecule has 1 saturated heterocycles. The summed E-state index contributed by atoms with van der Waals surface area (Å²) in [6.07, 6.45) is 3.90. The Balaban J connectivity index is 1.98. The summed E-state index contributed by atoms with van der Waals surface area (Å²) in [4.78, 5) is 7.08. The molecule has 3 rings (SSSR count). The third kappa shape index (κ3) is 2.22. The molecule has 0 radical (unpaired) electrons. The minimum atomic E-state index is 0.769. The molecule has 2 aromatic rings. The van der Waals surface area contributed by atoms with Crippen LogP contribution in [0.15, 0.2) is 30.3 Å². The molecule has 0 aliphatic carbocycles. The van der Waals surface area contributed by atoms with Gasteiger partial charge in [0.1, 0.15) is 5.82 Å². The maximum absolute atomic E-state index is 5.97. The van der Waals surface area contributed by atoms with Crippen molar-refractivity contribution < 1.29 is 0 Å². The van der Waals surface area contributed by atoms with Crippen LogP contribution in [0.25, 0.3) is 10.9 Å². The van der Waals surface area contributed by atoms with Crippen LogP contribution in [0.2, 0.25) is 5.02 Å². The Labute approximate surface area is 106 Å². The van der Waals surface area contributed by atoms with Crippen LogP contribution in [0.5, 0.6) is 0 Å². The molecule has 0 N–H and O–H groups in total. The molecular weight excluding hydrogens is 232 g/mol. The van der Waals surface area contributed by atoms with E-state index in [9.17, 15) is 0 Å². The number of nitrogens with zero attached hydrogens (tertiary/aromatic N) is 2. The number of piperidine rings is 1. The van der Waals surface area contributed by atoms with Crippen LogP contribution in [0.3, 0.4) is 0 Å². The predicted molar refractivity (Wildman–Crippen MR) is 72.8 cm³/mol. The van der Waals surface area contributed by atoms with Crippen molar-refractivity contribution in [2.45, 2.75) is 19.3 Å².